The molecule has 0 aliphatic heterocycles. The van der Waals surface area contributed by atoms with Crippen LogP contribution < -0.4 is 0 Å². The number of rotatable bonds is 2. The Labute approximate surface area is 93.2 Å². The predicted molar refractivity (Wildman–Crippen MR) is 61.1 cm³/mol. The van der Waals surface area contributed by atoms with E-state index in [1.165, 1.54) is 12.1 Å². The van der Waals surface area contributed by atoms with E-state index in [1.807, 2.05) is 24.3 Å². The molecule has 0 heterocycles. The summed E-state index contributed by atoms with van der Waals surface area (Å²) in [6, 6.07) is 12.0. The Morgan fingerprint density at radius 1 is 0.812 bits per heavy atom. The summed E-state index contributed by atoms with van der Waals surface area (Å²) in [5.41, 5.74) is 2.50. The highest BCUT2D eigenvalue weighted by atomic mass is 16.3. The summed E-state index contributed by atoms with van der Waals surface area (Å²) in [7, 11) is 0. The predicted octanol–water partition coefficient (Wildman–Crippen LogP) is 2.26. The minimum atomic E-state index is -0.146. The average molecular weight is 216 g/mol. The van der Waals surface area contributed by atoms with Crippen LogP contribution in [-0.4, -0.2) is 15.3 Å². The molecular formula is C13H12O3. The van der Waals surface area contributed by atoms with Gasteiger partial charge in [-0.3, -0.25) is 0 Å². The Hall–Kier alpha value is -2.00. The molecule has 0 fully saturated rings. The Balaban J connectivity index is 2.46. The summed E-state index contributed by atoms with van der Waals surface area (Å²) in [5.74, 6) is -0.283. The molecule has 16 heavy (non-hydrogen) atoms. The average Bonchev–Trinajstić information content (AvgIpc) is 2.33. The standard InChI is InChI=1S/C13H12O3/c14-8-9-2-1-3-10(6-9)11-4-5-12(15)13(16)7-11/h1-7,14-16H,8H2. The minimum absolute atomic E-state index is 0.0160. The van der Waals surface area contributed by atoms with Crippen LogP contribution in [0.5, 0.6) is 11.5 Å². The van der Waals surface area contributed by atoms with E-state index >= 15 is 0 Å². The molecule has 0 amide bonds. The van der Waals surface area contributed by atoms with Gasteiger partial charge in [0.1, 0.15) is 0 Å². The maximum atomic E-state index is 9.39. The lowest BCUT2D eigenvalue weighted by molar-refractivity contribution is 0.282. The van der Waals surface area contributed by atoms with Gasteiger partial charge in [0, 0.05) is 0 Å². The van der Waals surface area contributed by atoms with Gasteiger partial charge in [-0.05, 0) is 34.9 Å². The molecule has 3 N–H and O–H groups in total. The molecule has 0 aliphatic rings. The van der Waals surface area contributed by atoms with Crippen LogP contribution in [0.15, 0.2) is 42.5 Å². The Kier molecular flexibility index (Phi) is 2.79. The van der Waals surface area contributed by atoms with Crippen LogP contribution in [0, 0.1) is 0 Å². The first-order valence-corrected chi connectivity index (χ1v) is 4.93. The van der Waals surface area contributed by atoms with Gasteiger partial charge in [-0.25, -0.2) is 0 Å². The molecule has 2 aromatic rings. The van der Waals surface area contributed by atoms with Crippen molar-refractivity contribution < 1.29 is 15.3 Å². The van der Waals surface area contributed by atoms with Crippen molar-refractivity contribution in [2.75, 3.05) is 0 Å². The highest BCUT2D eigenvalue weighted by Crippen LogP contribution is 2.30. The molecule has 0 atom stereocenters. The number of benzene rings is 2. The van der Waals surface area contributed by atoms with E-state index in [1.54, 1.807) is 6.07 Å². The SMILES string of the molecule is OCc1cccc(-c2ccc(O)c(O)c2)c1. The molecule has 0 aliphatic carbocycles. The van der Waals surface area contributed by atoms with Gasteiger partial charge in [-0.15, -0.1) is 0 Å². The first-order chi connectivity index (χ1) is 7.70. The van der Waals surface area contributed by atoms with E-state index < -0.39 is 0 Å². The van der Waals surface area contributed by atoms with E-state index in [-0.39, 0.29) is 18.1 Å². The van der Waals surface area contributed by atoms with Gasteiger partial charge in [0.25, 0.3) is 0 Å². The van der Waals surface area contributed by atoms with E-state index in [0.29, 0.717) is 0 Å². The summed E-state index contributed by atoms with van der Waals surface area (Å²) in [6.07, 6.45) is 0. The van der Waals surface area contributed by atoms with E-state index in [2.05, 4.69) is 0 Å². The largest absolute Gasteiger partial charge is 0.504 e. The number of hydrogen-bond acceptors (Lipinski definition) is 3. The monoisotopic (exact) mass is 216 g/mol. The summed E-state index contributed by atoms with van der Waals surface area (Å²) >= 11 is 0. The number of hydrogen-bond donors (Lipinski definition) is 3. The number of aliphatic hydroxyl groups excluding tert-OH is 1. The lowest BCUT2D eigenvalue weighted by Gasteiger charge is -2.05. The summed E-state index contributed by atoms with van der Waals surface area (Å²) in [6.45, 7) is -0.0160. The normalized spacial score (nSPS) is 10.3. The maximum Gasteiger partial charge on any atom is 0.158 e. The second-order valence-corrected chi connectivity index (χ2v) is 3.56. The topological polar surface area (TPSA) is 60.7 Å². The third-order valence-electron chi connectivity index (χ3n) is 2.42. The van der Waals surface area contributed by atoms with Crippen molar-refractivity contribution in [3.05, 3.63) is 48.0 Å². The Bertz CT molecular complexity index is 506. The van der Waals surface area contributed by atoms with E-state index in [4.69, 9.17) is 5.11 Å². The number of phenolic OH excluding ortho intramolecular Hbond substituents is 2. The quantitative estimate of drug-likeness (QED) is 0.675. The van der Waals surface area contributed by atoms with Crippen molar-refractivity contribution >= 4 is 0 Å². The summed E-state index contributed by atoms with van der Waals surface area (Å²) in [5, 5.41) is 27.6. The molecular weight excluding hydrogens is 204 g/mol. The molecule has 82 valence electrons. The second-order valence-electron chi connectivity index (χ2n) is 3.56. The molecule has 0 saturated heterocycles. The van der Waals surface area contributed by atoms with Crippen LogP contribution in [-0.2, 0) is 6.61 Å². The van der Waals surface area contributed by atoms with Crippen molar-refractivity contribution in [1.29, 1.82) is 0 Å². The highest BCUT2D eigenvalue weighted by Gasteiger charge is 2.03. The zero-order valence-corrected chi connectivity index (χ0v) is 8.59. The summed E-state index contributed by atoms with van der Waals surface area (Å²) < 4.78 is 0. The smallest absolute Gasteiger partial charge is 0.158 e. The zero-order valence-electron chi connectivity index (χ0n) is 8.59. The first-order valence-electron chi connectivity index (χ1n) is 4.93. The van der Waals surface area contributed by atoms with Crippen molar-refractivity contribution in [2.24, 2.45) is 0 Å². The lowest BCUT2D eigenvalue weighted by Crippen LogP contribution is -1.84. The van der Waals surface area contributed by atoms with Crippen LogP contribution in [0.25, 0.3) is 11.1 Å². The fourth-order valence-electron chi connectivity index (χ4n) is 1.55. The minimum Gasteiger partial charge on any atom is -0.504 e. The third-order valence-corrected chi connectivity index (χ3v) is 2.42. The maximum absolute atomic E-state index is 9.39. The molecule has 0 aromatic heterocycles. The number of aliphatic hydroxyl groups is 1. The number of aromatic hydroxyl groups is 2. The van der Waals surface area contributed by atoms with Crippen molar-refractivity contribution in [1.82, 2.24) is 0 Å². The van der Waals surface area contributed by atoms with Gasteiger partial charge >= 0.3 is 0 Å². The van der Waals surface area contributed by atoms with Crippen LogP contribution in [0.4, 0.5) is 0 Å². The number of phenols is 2. The Morgan fingerprint density at radius 2 is 1.56 bits per heavy atom. The Morgan fingerprint density at radius 3 is 2.25 bits per heavy atom. The molecule has 3 heteroatoms. The van der Waals surface area contributed by atoms with Crippen molar-refractivity contribution in [2.45, 2.75) is 6.61 Å². The van der Waals surface area contributed by atoms with E-state index in [9.17, 15) is 10.2 Å². The fourth-order valence-corrected chi connectivity index (χ4v) is 1.55. The molecule has 0 unspecified atom stereocenters. The lowest BCUT2D eigenvalue weighted by atomic mass is 10.0. The van der Waals surface area contributed by atoms with Crippen LogP contribution in [0.2, 0.25) is 0 Å². The van der Waals surface area contributed by atoms with Crippen LogP contribution in [0.1, 0.15) is 5.56 Å². The summed E-state index contributed by atoms with van der Waals surface area (Å²) in [4.78, 5) is 0. The zero-order chi connectivity index (χ0) is 11.5. The van der Waals surface area contributed by atoms with Gasteiger partial charge in [0.15, 0.2) is 11.5 Å². The molecule has 0 spiro atoms. The molecule has 2 aromatic carbocycles. The fraction of sp³-hybridized carbons (Fsp3) is 0.0769. The molecule has 0 saturated carbocycles. The second kappa shape index (κ2) is 4.24. The third kappa shape index (κ3) is 1.99. The van der Waals surface area contributed by atoms with Crippen LogP contribution in [0.3, 0.4) is 0 Å². The molecule has 3 nitrogen and oxygen atoms in total. The van der Waals surface area contributed by atoms with Crippen LogP contribution >= 0.6 is 0 Å². The van der Waals surface area contributed by atoms with Gasteiger partial charge < -0.3 is 15.3 Å². The molecule has 2 rings (SSSR count). The highest BCUT2D eigenvalue weighted by molar-refractivity contribution is 5.67. The van der Waals surface area contributed by atoms with Gasteiger partial charge in [0.2, 0.25) is 0 Å². The van der Waals surface area contributed by atoms with Gasteiger partial charge in [0.05, 0.1) is 6.61 Å². The van der Waals surface area contributed by atoms with E-state index in [0.717, 1.165) is 16.7 Å². The van der Waals surface area contributed by atoms with Gasteiger partial charge in [-0.1, -0.05) is 24.3 Å². The first kappa shape index (κ1) is 10.5. The molecule has 0 bridgehead atoms. The van der Waals surface area contributed by atoms with Crippen molar-refractivity contribution in [3.63, 3.8) is 0 Å². The van der Waals surface area contributed by atoms with Gasteiger partial charge in [-0.2, -0.15) is 0 Å². The molecule has 0 radical (unpaired) electrons. The van der Waals surface area contributed by atoms with Crippen molar-refractivity contribution in [3.8, 4) is 22.6 Å².